The molecule has 0 bridgehead atoms. The zero-order chi connectivity index (χ0) is 24.7. The van der Waals surface area contributed by atoms with Crippen molar-refractivity contribution in [1.82, 2.24) is 4.98 Å². The number of methoxy groups -OCH3 is 1. The first-order valence-corrected chi connectivity index (χ1v) is 11.2. The van der Waals surface area contributed by atoms with E-state index in [-0.39, 0.29) is 24.0 Å². The second-order valence-corrected chi connectivity index (χ2v) is 8.85. The molecule has 1 aromatic carbocycles. The molecule has 0 amide bonds. The smallest absolute Gasteiger partial charge is 0.305 e. The van der Waals surface area contributed by atoms with E-state index in [0.29, 0.717) is 6.61 Å². The van der Waals surface area contributed by atoms with Gasteiger partial charge in [-0.05, 0) is 35.1 Å². The fourth-order valence-corrected chi connectivity index (χ4v) is 3.86. The number of phenols is 1. The highest BCUT2D eigenvalue weighted by molar-refractivity contribution is 5.80. The number of rotatable bonds is 11. The van der Waals surface area contributed by atoms with Crippen LogP contribution in [-0.2, 0) is 16.1 Å². The number of aromatic hydroxyl groups is 1. The Bertz CT molecular complexity index is 966. The van der Waals surface area contributed by atoms with Crippen LogP contribution >= 0.6 is 0 Å². The highest BCUT2D eigenvalue weighted by Crippen LogP contribution is 2.38. The van der Waals surface area contributed by atoms with Crippen molar-refractivity contribution >= 4 is 12.0 Å². The van der Waals surface area contributed by atoms with Crippen molar-refractivity contribution in [2.24, 2.45) is 0 Å². The van der Waals surface area contributed by atoms with Crippen molar-refractivity contribution in [2.75, 3.05) is 7.11 Å². The summed E-state index contributed by atoms with van der Waals surface area (Å²) in [5, 5.41) is 38.9. The Hall–Kier alpha value is -2.74. The highest BCUT2D eigenvalue weighted by Gasteiger charge is 2.23. The lowest BCUT2D eigenvalue weighted by Crippen LogP contribution is -2.19. The van der Waals surface area contributed by atoms with Gasteiger partial charge in [0.2, 0.25) is 0 Å². The lowest BCUT2D eigenvalue weighted by molar-refractivity contribution is -0.139. The lowest BCUT2D eigenvalue weighted by Gasteiger charge is -2.23. The standard InChI is InChI=1S/C26H35NO6/c1-15(2)25-21(11-10-19(29)12-20(30)13-23(31)32)24(17-6-8-18(28)9-7-17)22(14-33-5)26(27-25)16(3)4/h6-11,15-16,19-20,28-30H,12-14H2,1-5H3,(H,31,32)/b11-10+. The summed E-state index contributed by atoms with van der Waals surface area (Å²) in [6, 6.07) is 6.92. The molecule has 0 aliphatic heterocycles. The summed E-state index contributed by atoms with van der Waals surface area (Å²) in [6.45, 7) is 8.60. The van der Waals surface area contributed by atoms with Crippen LogP contribution in [0.2, 0.25) is 0 Å². The van der Waals surface area contributed by atoms with Crippen molar-refractivity contribution in [2.45, 2.75) is 71.2 Å². The first-order chi connectivity index (χ1) is 15.5. The molecule has 180 valence electrons. The van der Waals surface area contributed by atoms with E-state index >= 15 is 0 Å². The minimum Gasteiger partial charge on any atom is -0.508 e. The predicted octanol–water partition coefficient (Wildman–Crippen LogP) is 4.45. The molecule has 4 N–H and O–H groups in total. The Morgan fingerprint density at radius 3 is 2.18 bits per heavy atom. The Kier molecular flexibility index (Phi) is 9.58. The van der Waals surface area contributed by atoms with E-state index < -0.39 is 24.6 Å². The number of carboxylic acid groups (broad SMARTS) is 1. The van der Waals surface area contributed by atoms with Gasteiger partial charge in [-0.25, -0.2) is 0 Å². The van der Waals surface area contributed by atoms with Crippen LogP contribution in [0.5, 0.6) is 5.75 Å². The number of hydrogen-bond donors (Lipinski definition) is 4. The Labute approximate surface area is 195 Å². The van der Waals surface area contributed by atoms with Gasteiger partial charge in [0.25, 0.3) is 0 Å². The summed E-state index contributed by atoms with van der Waals surface area (Å²) in [5.74, 6) is -0.718. The summed E-state index contributed by atoms with van der Waals surface area (Å²) in [6.07, 6.45) is 0.659. The monoisotopic (exact) mass is 457 g/mol. The first-order valence-electron chi connectivity index (χ1n) is 11.2. The third-order valence-corrected chi connectivity index (χ3v) is 5.34. The molecule has 0 spiro atoms. The minimum absolute atomic E-state index is 0.0865. The molecular formula is C26H35NO6. The topological polar surface area (TPSA) is 120 Å². The molecule has 7 heteroatoms. The van der Waals surface area contributed by atoms with Gasteiger partial charge < -0.3 is 25.2 Å². The number of benzene rings is 1. The largest absolute Gasteiger partial charge is 0.508 e. The summed E-state index contributed by atoms with van der Waals surface area (Å²) in [5.41, 5.74) is 5.33. The molecule has 0 aliphatic carbocycles. The molecule has 1 heterocycles. The molecule has 0 fully saturated rings. The number of aliphatic hydroxyl groups is 2. The third-order valence-electron chi connectivity index (χ3n) is 5.34. The normalized spacial score (nSPS) is 13.7. The van der Waals surface area contributed by atoms with Crippen molar-refractivity contribution < 1.29 is 30.0 Å². The van der Waals surface area contributed by atoms with E-state index in [4.69, 9.17) is 14.8 Å². The van der Waals surface area contributed by atoms with Crippen LogP contribution in [0.25, 0.3) is 17.2 Å². The van der Waals surface area contributed by atoms with E-state index in [2.05, 4.69) is 13.8 Å². The van der Waals surface area contributed by atoms with Crippen LogP contribution in [0.15, 0.2) is 30.3 Å². The quantitative estimate of drug-likeness (QED) is 0.393. The van der Waals surface area contributed by atoms with E-state index in [0.717, 1.165) is 33.6 Å². The number of carbonyl (C=O) groups is 1. The van der Waals surface area contributed by atoms with Crippen LogP contribution in [0.4, 0.5) is 0 Å². The van der Waals surface area contributed by atoms with Crippen molar-refractivity contribution in [1.29, 1.82) is 0 Å². The second kappa shape index (κ2) is 11.9. The van der Waals surface area contributed by atoms with Gasteiger partial charge in [-0.1, -0.05) is 52.0 Å². The Balaban J connectivity index is 2.69. The molecule has 33 heavy (non-hydrogen) atoms. The maximum Gasteiger partial charge on any atom is 0.305 e. The Morgan fingerprint density at radius 1 is 1.06 bits per heavy atom. The van der Waals surface area contributed by atoms with Gasteiger partial charge in [0.05, 0.1) is 30.9 Å². The first kappa shape index (κ1) is 26.5. The molecule has 2 aromatic rings. The number of ether oxygens (including phenoxy) is 1. The molecular weight excluding hydrogens is 422 g/mol. The lowest BCUT2D eigenvalue weighted by atomic mass is 9.87. The number of nitrogens with zero attached hydrogens (tertiary/aromatic N) is 1. The van der Waals surface area contributed by atoms with Gasteiger partial charge >= 0.3 is 5.97 Å². The average Bonchev–Trinajstić information content (AvgIpc) is 2.72. The van der Waals surface area contributed by atoms with Crippen LogP contribution in [0.1, 0.15) is 74.9 Å². The fourth-order valence-electron chi connectivity index (χ4n) is 3.86. The molecule has 0 saturated heterocycles. The van der Waals surface area contributed by atoms with Crippen LogP contribution in [0.3, 0.4) is 0 Å². The van der Waals surface area contributed by atoms with E-state index in [1.807, 2.05) is 26.0 Å². The zero-order valence-corrected chi connectivity index (χ0v) is 19.9. The second-order valence-electron chi connectivity index (χ2n) is 8.85. The van der Waals surface area contributed by atoms with Crippen molar-refractivity contribution in [3.63, 3.8) is 0 Å². The Morgan fingerprint density at radius 2 is 1.67 bits per heavy atom. The van der Waals surface area contributed by atoms with E-state index in [9.17, 15) is 20.1 Å². The molecule has 0 radical (unpaired) electrons. The number of hydrogen-bond acceptors (Lipinski definition) is 6. The maximum absolute atomic E-state index is 10.8. The van der Waals surface area contributed by atoms with Crippen LogP contribution in [-0.4, -0.2) is 50.7 Å². The van der Waals surface area contributed by atoms with E-state index in [1.165, 1.54) is 0 Å². The minimum atomic E-state index is -1.14. The number of aromatic nitrogens is 1. The number of carboxylic acids is 1. The molecule has 2 atom stereocenters. The summed E-state index contributed by atoms with van der Waals surface area (Å²) in [4.78, 5) is 15.8. The van der Waals surface area contributed by atoms with Crippen LogP contribution in [0, 0.1) is 0 Å². The number of aliphatic carboxylic acids is 1. The van der Waals surface area contributed by atoms with Gasteiger partial charge in [-0.2, -0.15) is 0 Å². The number of aliphatic hydroxyl groups excluding tert-OH is 2. The van der Waals surface area contributed by atoms with Gasteiger partial charge in [0.15, 0.2) is 0 Å². The molecule has 0 saturated carbocycles. The van der Waals surface area contributed by atoms with Gasteiger partial charge in [0, 0.05) is 30.4 Å². The van der Waals surface area contributed by atoms with Gasteiger partial charge in [0.1, 0.15) is 5.75 Å². The SMILES string of the molecule is COCc1c(C(C)C)nc(C(C)C)c(/C=C/C(O)CC(O)CC(=O)O)c1-c1ccc(O)cc1. The van der Waals surface area contributed by atoms with Crippen LogP contribution < -0.4 is 0 Å². The number of phenolic OH excluding ortho intramolecular Hbond substituents is 1. The molecule has 2 unspecified atom stereocenters. The number of pyridine rings is 1. The predicted molar refractivity (Wildman–Crippen MR) is 128 cm³/mol. The molecule has 0 aliphatic rings. The van der Waals surface area contributed by atoms with Crippen molar-refractivity contribution in [3.05, 3.63) is 52.9 Å². The summed E-state index contributed by atoms with van der Waals surface area (Å²) < 4.78 is 5.52. The van der Waals surface area contributed by atoms with Gasteiger partial charge in [-0.3, -0.25) is 9.78 Å². The summed E-state index contributed by atoms with van der Waals surface area (Å²) in [7, 11) is 1.63. The maximum atomic E-state index is 10.8. The van der Waals surface area contributed by atoms with Gasteiger partial charge in [-0.15, -0.1) is 0 Å². The highest BCUT2D eigenvalue weighted by atomic mass is 16.5. The van der Waals surface area contributed by atoms with Crippen molar-refractivity contribution in [3.8, 4) is 16.9 Å². The third kappa shape index (κ3) is 7.12. The molecule has 2 rings (SSSR count). The fraction of sp³-hybridized carbons (Fsp3) is 0.462. The zero-order valence-electron chi connectivity index (χ0n) is 19.9. The van der Waals surface area contributed by atoms with E-state index in [1.54, 1.807) is 31.4 Å². The molecule has 1 aromatic heterocycles. The summed E-state index contributed by atoms with van der Waals surface area (Å²) >= 11 is 0. The molecule has 7 nitrogen and oxygen atoms in total. The average molecular weight is 458 g/mol.